The van der Waals surface area contributed by atoms with Crippen LogP contribution in [0, 0.1) is 0 Å². The van der Waals surface area contributed by atoms with Crippen LogP contribution in [0.2, 0.25) is 0 Å². The molecule has 19 heavy (non-hydrogen) atoms. The molecule has 2 aliphatic rings. The molecule has 1 aromatic rings. The first-order valence-electron chi connectivity index (χ1n) is 6.93. The van der Waals surface area contributed by atoms with Gasteiger partial charge in [-0.25, -0.2) is 0 Å². The predicted molar refractivity (Wildman–Crippen MR) is 69.6 cm³/mol. The molecule has 2 aliphatic heterocycles. The van der Waals surface area contributed by atoms with E-state index in [0.717, 1.165) is 45.4 Å². The van der Waals surface area contributed by atoms with Crippen molar-refractivity contribution in [3.8, 4) is 0 Å². The number of amides is 1. The third-order valence-electron chi connectivity index (χ3n) is 4.20. The van der Waals surface area contributed by atoms with Crippen molar-refractivity contribution in [1.82, 2.24) is 15.0 Å². The molecular formula is C13H20N4O2. The van der Waals surface area contributed by atoms with Crippen LogP contribution in [0.4, 0.5) is 0 Å². The lowest BCUT2D eigenvalue weighted by molar-refractivity contribution is 0.0759. The van der Waals surface area contributed by atoms with Gasteiger partial charge in [-0.2, -0.15) is 0 Å². The number of carbonyl (C=O) groups is 1. The minimum Gasteiger partial charge on any atom is -0.364 e. The van der Waals surface area contributed by atoms with Crippen LogP contribution in [0.3, 0.4) is 0 Å². The number of rotatable bonds is 2. The van der Waals surface area contributed by atoms with Crippen LogP contribution in [0.1, 0.15) is 29.8 Å². The quantitative estimate of drug-likeness (QED) is 0.832. The fraction of sp³-hybridized carbons (Fsp3) is 0.692. The maximum Gasteiger partial charge on any atom is 0.276 e. The topological polar surface area (TPSA) is 75.6 Å². The molecule has 0 aromatic carbocycles. The van der Waals surface area contributed by atoms with Gasteiger partial charge in [0.15, 0.2) is 5.69 Å². The lowest BCUT2D eigenvalue weighted by atomic mass is 10.0. The summed E-state index contributed by atoms with van der Waals surface area (Å²) in [7, 11) is 0. The molecule has 3 heterocycles. The van der Waals surface area contributed by atoms with Crippen molar-refractivity contribution < 1.29 is 9.32 Å². The fourth-order valence-electron chi connectivity index (χ4n) is 2.99. The monoisotopic (exact) mass is 264 g/mol. The highest BCUT2D eigenvalue weighted by atomic mass is 16.5. The smallest absolute Gasteiger partial charge is 0.276 e. The summed E-state index contributed by atoms with van der Waals surface area (Å²) in [4.78, 5) is 16.5. The van der Waals surface area contributed by atoms with Crippen LogP contribution in [0.5, 0.6) is 0 Å². The number of likely N-dealkylation sites (tertiary alicyclic amines) is 2. The molecule has 1 unspecified atom stereocenters. The number of carbonyl (C=O) groups excluding carboxylic acids is 1. The van der Waals surface area contributed by atoms with Gasteiger partial charge in [-0.05, 0) is 32.4 Å². The average molecular weight is 264 g/mol. The predicted octanol–water partition coefficient (Wildman–Crippen LogP) is 0.312. The van der Waals surface area contributed by atoms with E-state index in [9.17, 15) is 4.79 Å². The summed E-state index contributed by atoms with van der Waals surface area (Å²) < 4.78 is 4.73. The standard InChI is InChI=1S/C13H20N4O2/c14-10-1-5-16(6-2-10)11-3-7-17(9-11)13(18)12-4-8-19-15-12/h4,8,10-11H,1-3,5-7,9,14H2. The van der Waals surface area contributed by atoms with E-state index in [1.807, 2.05) is 4.90 Å². The van der Waals surface area contributed by atoms with Crippen molar-refractivity contribution in [1.29, 1.82) is 0 Å². The Bertz CT molecular complexity index is 426. The molecule has 1 amide bonds. The number of nitrogens with two attached hydrogens (primary N) is 1. The summed E-state index contributed by atoms with van der Waals surface area (Å²) in [5.74, 6) is -0.0232. The summed E-state index contributed by atoms with van der Waals surface area (Å²) in [6.07, 6.45) is 4.60. The van der Waals surface area contributed by atoms with Gasteiger partial charge in [0.1, 0.15) is 6.26 Å². The Hall–Kier alpha value is -1.40. The molecule has 2 saturated heterocycles. The number of hydrogen-bond acceptors (Lipinski definition) is 5. The molecule has 104 valence electrons. The van der Waals surface area contributed by atoms with Gasteiger partial charge >= 0.3 is 0 Å². The number of aromatic nitrogens is 1. The van der Waals surface area contributed by atoms with E-state index in [-0.39, 0.29) is 5.91 Å². The van der Waals surface area contributed by atoms with Crippen LogP contribution < -0.4 is 5.73 Å². The molecule has 0 spiro atoms. The molecule has 3 rings (SSSR count). The van der Waals surface area contributed by atoms with Crippen molar-refractivity contribution >= 4 is 5.91 Å². The highest BCUT2D eigenvalue weighted by Crippen LogP contribution is 2.21. The zero-order valence-corrected chi connectivity index (χ0v) is 11.0. The van der Waals surface area contributed by atoms with Gasteiger partial charge in [-0.1, -0.05) is 5.16 Å². The van der Waals surface area contributed by atoms with Crippen molar-refractivity contribution in [3.05, 3.63) is 18.0 Å². The average Bonchev–Trinajstić information content (AvgIpc) is 3.10. The lowest BCUT2D eigenvalue weighted by Crippen LogP contribution is -2.46. The van der Waals surface area contributed by atoms with Gasteiger partial charge in [-0.15, -0.1) is 0 Å². The summed E-state index contributed by atoms with van der Waals surface area (Å²) >= 11 is 0. The van der Waals surface area contributed by atoms with Gasteiger partial charge in [0.05, 0.1) is 0 Å². The second kappa shape index (κ2) is 5.30. The maximum absolute atomic E-state index is 12.2. The first kappa shape index (κ1) is 12.6. The van der Waals surface area contributed by atoms with E-state index in [1.165, 1.54) is 6.26 Å². The van der Waals surface area contributed by atoms with Crippen LogP contribution in [-0.4, -0.2) is 59.1 Å². The Balaban J connectivity index is 1.57. The van der Waals surface area contributed by atoms with Crippen LogP contribution in [0.25, 0.3) is 0 Å². The molecule has 2 N–H and O–H groups in total. The summed E-state index contributed by atoms with van der Waals surface area (Å²) in [6.45, 7) is 3.70. The minimum atomic E-state index is -0.0232. The van der Waals surface area contributed by atoms with E-state index >= 15 is 0 Å². The summed E-state index contributed by atoms with van der Waals surface area (Å²) in [5.41, 5.74) is 6.33. The van der Waals surface area contributed by atoms with E-state index < -0.39 is 0 Å². The summed E-state index contributed by atoms with van der Waals surface area (Å²) in [5, 5.41) is 3.71. The van der Waals surface area contributed by atoms with E-state index in [0.29, 0.717) is 17.8 Å². The Kier molecular flexibility index (Phi) is 3.52. The molecule has 1 atom stereocenters. The number of hydrogen-bond donors (Lipinski definition) is 1. The minimum absolute atomic E-state index is 0.0232. The molecule has 1 aromatic heterocycles. The molecule has 0 saturated carbocycles. The first-order chi connectivity index (χ1) is 9.24. The molecule has 0 bridgehead atoms. The Labute approximate surface area is 112 Å². The van der Waals surface area contributed by atoms with Gasteiger partial charge in [0, 0.05) is 31.2 Å². The van der Waals surface area contributed by atoms with Crippen molar-refractivity contribution in [2.24, 2.45) is 5.73 Å². The highest BCUT2D eigenvalue weighted by molar-refractivity contribution is 5.92. The SMILES string of the molecule is NC1CCN(C2CCN(C(=O)c3ccon3)C2)CC1. The second-order valence-corrected chi connectivity index (χ2v) is 5.45. The zero-order chi connectivity index (χ0) is 13.2. The highest BCUT2D eigenvalue weighted by Gasteiger charge is 2.32. The second-order valence-electron chi connectivity index (χ2n) is 5.45. The van der Waals surface area contributed by atoms with Crippen LogP contribution in [0.15, 0.2) is 16.9 Å². The van der Waals surface area contributed by atoms with E-state index in [1.54, 1.807) is 6.07 Å². The van der Waals surface area contributed by atoms with E-state index in [4.69, 9.17) is 10.3 Å². The molecule has 6 nitrogen and oxygen atoms in total. The van der Waals surface area contributed by atoms with Crippen molar-refractivity contribution in [2.75, 3.05) is 26.2 Å². The van der Waals surface area contributed by atoms with Crippen molar-refractivity contribution in [2.45, 2.75) is 31.3 Å². The van der Waals surface area contributed by atoms with Crippen LogP contribution >= 0.6 is 0 Å². The lowest BCUT2D eigenvalue weighted by Gasteiger charge is -2.34. The largest absolute Gasteiger partial charge is 0.364 e. The van der Waals surface area contributed by atoms with Gasteiger partial charge in [-0.3, -0.25) is 9.69 Å². The number of nitrogens with zero attached hydrogens (tertiary/aromatic N) is 3. The summed E-state index contributed by atoms with van der Waals surface area (Å²) in [6, 6.07) is 2.45. The Morgan fingerprint density at radius 2 is 2.11 bits per heavy atom. The molecule has 0 radical (unpaired) electrons. The number of piperidine rings is 1. The zero-order valence-electron chi connectivity index (χ0n) is 11.0. The third kappa shape index (κ3) is 2.64. The third-order valence-corrected chi connectivity index (χ3v) is 4.20. The maximum atomic E-state index is 12.2. The van der Waals surface area contributed by atoms with Gasteiger partial charge in [0.25, 0.3) is 5.91 Å². The van der Waals surface area contributed by atoms with Gasteiger partial charge < -0.3 is 15.2 Å². The molecule has 6 heteroatoms. The van der Waals surface area contributed by atoms with Crippen LogP contribution in [-0.2, 0) is 0 Å². The Morgan fingerprint density at radius 1 is 1.32 bits per heavy atom. The molecule has 2 fully saturated rings. The fourth-order valence-corrected chi connectivity index (χ4v) is 2.99. The van der Waals surface area contributed by atoms with Crippen molar-refractivity contribution in [3.63, 3.8) is 0 Å². The Morgan fingerprint density at radius 3 is 2.79 bits per heavy atom. The first-order valence-corrected chi connectivity index (χ1v) is 6.93. The molecular weight excluding hydrogens is 244 g/mol. The van der Waals surface area contributed by atoms with Gasteiger partial charge in [0.2, 0.25) is 0 Å². The normalized spacial score (nSPS) is 25.9. The molecule has 0 aliphatic carbocycles. The van der Waals surface area contributed by atoms with E-state index in [2.05, 4.69) is 10.1 Å².